The second kappa shape index (κ2) is 9.72. The van der Waals surface area contributed by atoms with Crippen LogP contribution in [0.3, 0.4) is 0 Å². The first-order valence-corrected chi connectivity index (χ1v) is 10.6. The Kier molecular flexibility index (Phi) is 7.64. The SMILES string of the molecule is NS(=O)(=O)CCCC(=O)NCc1cccnc1N1CCCCCCC1. The zero-order valence-electron chi connectivity index (χ0n) is 14.6. The number of nitrogens with one attached hydrogen (secondary N) is 1. The number of rotatable bonds is 7. The highest BCUT2D eigenvalue weighted by Gasteiger charge is 2.14. The van der Waals surface area contributed by atoms with Crippen LogP contribution in [-0.4, -0.2) is 38.2 Å². The van der Waals surface area contributed by atoms with Gasteiger partial charge in [-0.3, -0.25) is 4.79 Å². The predicted octanol–water partition coefficient (Wildman–Crippen LogP) is 1.54. The van der Waals surface area contributed by atoms with Gasteiger partial charge in [0.2, 0.25) is 15.9 Å². The van der Waals surface area contributed by atoms with Crippen molar-refractivity contribution < 1.29 is 13.2 Å². The van der Waals surface area contributed by atoms with Crippen LogP contribution in [0, 0.1) is 0 Å². The van der Waals surface area contributed by atoms with Crippen LogP contribution in [-0.2, 0) is 21.4 Å². The first-order valence-electron chi connectivity index (χ1n) is 8.92. The molecular formula is C17H28N4O3S. The monoisotopic (exact) mass is 368 g/mol. The first-order chi connectivity index (χ1) is 12.0. The number of carbonyl (C=O) groups excluding carboxylic acids is 1. The summed E-state index contributed by atoms with van der Waals surface area (Å²) in [6.45, 7) is 2.38. The maximum absolute atomic E-state index is 11.9. The highest BCUT2D eigenvalue weighted by Crippen LogP contribution is 2.21. The zero-order valence-corrected chi connectivity index (χ0v) is 15.4. The van der Waals surface area contributed by atoms with E-state index < -0.39 is 10.0 Å². The number of nitrogens with two attached hydrogens (primary N) is 1. The van der Waals surface area contributed by atoms with Crippen LogP contribution in [0.15, 0.2) is 18.3 Å². The fourth-order valence-electron chi connectivity index (χ4n) is 3.03. The summed E-state index contributed by atoms with van der Waals surface area (Å²) in [4.78, 5) is 18.7. The molecular weight excluding hydrogens is 340 g/mol. The summed E-state index contributed by atoms with van der Waals surface area (Å²) < 4.78 is 21.8. The van der Waals surface area contributed by atoms with Gasteiger partial charge in [-0.25, -0.2) is 18.5 Å². The third kappa shape index (κ3) is 7.39. The average Bonchev–Trinajstić information content (AvgIpc) is 2.52. The van der Waals surface area contributed by atoms with Crippen molar-refractivity contribution in [2.45, 2.75) is 51.5 Å². The van der Waals surface area contributed by atoms with Crippen molar-refractivity contribution in [2.75, 3.05) is 23.7 Å². The van der Waals surface area contributed by atoms with Crippen molar-refractivity contribution in [1.82, 2.24) is 10.3 Å². The lowest BCUT2D eigenvalue weighted by atomic mass is 10.1. The third-order valence-corrected chi connectivity index (χ3v) is 5.19. The van der Waals surface area contributed by atoms with Crippen LogP contribution < -0.4 is 15.4 Å². The zero-order chi connectivity index (χ0) is 18.1. The number of sulfonamides is 1. The van der Waals surface area contributed by atoms with Crippen molar-refractivity contribution in [2.24, 2.45) is 5.14 Å². The number of pyridine rings is 1. The van der Waals surface area contributed by atoms with E-state index in [-0.39, 0.29) is 24.5 Å². The molecule has 1 aliphatic heterocycles. The Labute approximate surface area is 150 Å². The minimum absolute atomic E-state index is 0.149. The van der Waals surface area contributed by atoms with Gasteiger partial charge >= 0.3 is 0 Å². The second-order valence-electron chi connectivity index (χ2n) is 6.49. The van der Waals surface area contributed by atoms with Gasteiger partial charge in [-0.1, -0.05) is 25.3 Å². The molecule has 1 saturated heterocycles. The molecule has 0 unspecified atom stereocenters. The van der Waals surface area contributed by atoms with Gasteiger partial charge in [0.1, 0.15) is 5.82 Å². The van der Waals surface area contributed by atoms with E-state index in [0.717, 1.165) is 37.3 Å². The molecule has 0 radical (unpaired) electrons. The van der Waals surface area contributed by atoms with Crippen molar-refractivity contribution >= 4 is 21.7 Å². The Morgan fingerprint density at radius 1 is 1.20 bits per heavy atom. The Balaban J connectivity index is 1.90. The minimum atomic E-state index is -3.51. The largest absolute Gasteiger partial charge is 0.356 e. The molecule has 1 aromatic rings. The number of nitrogens with zero attached hydrogens (tertiary/aromatic N) is 2. The second-order valence-corrected chi connectivity index (χ2v) is 8.22. The lowest BCUT2D eigenvalue weighted by Gasteiger charge is -2.27. The summed E-state index contributed by atoms with van der Waals surface area (Å²) in [5.41, 5.74) is 0.989. The van der Waals surface area contributed by atoms with E-state index in [1.54, 1.807) is 6.20 Å². The van der Waals surface area contributed by atoms with Crippen LogP contribution in [0.25, 0.3) is 0 Å². The molecule has 0 saturated carbocycles. The normalized spacial score (nSPS) is 16.1. The molecule has 2 rings (SSSR count). The predicted molar refractivity (Wildman–Crippen MR) is 98.6 cm³/mol. The van der Waals surface area contributed by atoms with E-state index in [0.29, 0.717) is 6.54 Å². The average molecular weight is 369 g/mol. The fourth-order valence-corrected chi connectivity index (χ4v) is 3.58. The Bertz CT molecular complexity index is 656. The molecule has 1 aromatic heterocycles. The number of carbonyl (C=O) groups is 1. The quantitative estimate of drug-likeness (QED) is 0.759. The summed E-state index contributed by atoms with van der Waals surface area (Å²) in [7, 11) is -3.51. The molecule has 8 heteroatoms. The number of hydrogen-bond acceptors (Lipinski definition) is 5. The summed E-state index contributed by atoms with van der Waals surface area (Å²) in [5.74, 6) is 0.590. The van der Waals surface area contributed by atoms with Crippen molar-refractivity contribution in [3.05, 3.63) is 23.9 Å². The number of primary sulfonamides is 1. The van der Waals surface area contributed by atoms with Crippen LogP contribution in [0.2, 0.25) is 0 Å². The van der Waals surface area contributed by atoms with Gasteiger partial charge in [0.15, 0.2) is 0 Å². The molecule has 0 spiro atoms. The molecule has 1 fully saturated rings. The van der Waals surface area contributed by atoms with Crippen LogP contribution in [0.5, 0.6) is 0 Å². The van der Waals surface area contributed by atoms with Gasteiger partial charge in [0.05, 0.1) is 5.75 Å². The van der Waals surface area contributed by atoms with Gasteiger partial charge in [-0.2, -0.15) is 0 Å². The Morgan fingerprint density at radius 2 is 1.88 bits per heavy atom. The van der Waals surface area contributed by atoms with Crippen LogP contribution in [0.4, 0.5) is 5.82 Å². The highest BCUT2D eigenvalue weighted by molar-refractivity contribution is 7.89. The number of amides is 1. The number of anilines is 1. The minimum Gasteiger partial charge on any atom is -0.356 e. The van der Waals surface area contributed by atoms with E-state index in [4.69, 9.17) is 5.14 Å². The van der Waals surface area contributed by atoms with Crippen molar-refractivity contribution in [3.63, 3.8) is 0 Å². The maximum atomic E-state index is 11.9. The standard InChI is InChI=1S/C17H28N4O3S/c18-25(23,24)13-7-9-16(22)20-14-15-8-6-10-19-17(15)21-11-4-2-1-3-5-12-21/h6,8,10H,1-5,7,9,11-14H2,(H,20,22)(H2,18,23,24). The first kappa shape index (κ1) is 19.7. The van der Waals surface area contributed by atoms with Gasteiger partial charge in [-0.15, -0.1) is 0 Å². The summed E-state index contributed by atoms with van der Waals surface area (Å²) in [6, 6.07) is 3.85. The smallest absolute Gasteiger partial charge is 0.220 e. The lowest BCUT2D eigenvalue weighted by molar-refractivity contribution is -0.121. The van der Waals surface area contributed by atoms with Crippen LogP contribution in [0.1, 0.15) is 50.5 Å². The lowest BCUT2D eigenvalue weighted by Crippen LogP contribution is -2.30. The van der Waals surface area contributed by atoms with Crippen molar-refractivity contribution in [3.8, 4) is 0 Å². The number of aromatic nitrogens is 1. The van der Waals surface area contributed by atoms with Gasteiger partial charge in [-0.05, 0) is 25.3 Å². The highest BCUT2D eigenvalue weighted by atomic mass is 32.2. The Hall–Kier alpha value is -1.67. The molecule has 140 valence electrons. The molecule has 7 nitrogen and oxygen atoms in total. The topological polar surface area (TPSA) is 105 Å². The van der Waals surface area contributed by atoms with Gasteiger partial charge in [0, 0.05) is 37.8 Å². The van der Waals surface area contributed by atoms with Crippen LogP contribution >= 0.6 is 0 Å². The van der Waals surface area contributed by atoms with E-state index >= 15 is 0 Å². The Morgan fingerprint density at radius 3 is 2.56 bits per heavy atom. The third-order valence-electron chi connectivity index (χ3n) is 4.33. The molecule has 1 aliphatic rings. The summed E-state index contributed by atoms with van der Waals surface area (Å²) >= 11 is 0. The van der Waals surface area contributed by atoms with Gasteiger partial charge in [0.25, 0.3) is 0 Å². The molecule has 1 amide bonds. The molecule has 0 atom stereocenters. The molecule has 25 heavy (non-hydrogen) atoms. The molecule has 0 aliphatic carbocycles. The molecule has 0 aromatic carbocycles. The van der Waals surface area contributed by atoms with E-state index in [1.807, 2.05) is 12.1 Å². The van der Waals surface area contributed by atoms with E-state index in [2.05, 4.69) is 15.2 Å². The maximum Gasteiger partial charge on any atom is 0.220 e. The molecule has 2 heterocycles. The van der Waals surface area contributed by atoms with E-state index in [1.165, 1.54) is 19.3 Å². The number of hydrogen-bond donors (Lipinski definition) is 2. The molecule has 0 bridgehead atoms. The van der Waals surface area contributed by atoms with E-state index in [9.17, 15) is 13.2 Å². The molecule has 3 N–H and O–H groups in total. The van der Waals surface area contributed by atoms with Crippen molar-refractivity contribution in [1.29, 1.82) is 0 Å². The summed E-state index contributed by atoms with van der Waals surface area (Å²) in [5, 5.41) is 7.79. The summed E-state index contributed by atoms with van der Waals surface area (Å²) in [6.07, 6.45) is 8.29. The van der Waals surface area contributed by atoms with Gasteiger partial charge < -0.3 is 10.2 Å². The fraction of sp³-hybridized carbons (Fsp3) is 0.647.